The summed E-state index contributed by atoms with van der Waals surface area (Å²) in [6.45, 7) is 5.87. The maximum atomic E-state index is 13.0. The van der Waals surface area contributed by atoms with Crippen LogP contribution in [0.3, 0.4) is 0 Å². The quantitative estimate of drug-likeness (QED) is 0.335. The molecule has 0 bridgehead atoms. The molecule has 0 atom stereocenters. The number of nitrogens with one attached hydrogen (secondary N) is 2. The monoisotopic (exact) mass is 499 g/mol. The molecule has 37 heavy (non-hydrogen) atoms. The van der Waals surface area contributed by atoms with E-state index < -0.39 is 0 Å². The largest absolute Gasteiger partial charge is 0.497 e. The third-order valence-electron chi connectivity index (χ3n) is 6.62. The molecule has 0 aliphatic heterocycles. The molecule has 8 nitrogen and oxygen atoms in total. The van der Waals surface area contributed by atoms with E-state index >= 15 is 0 Å². The van der Waals surface area contributed by atoms with Crippen LogP contribution >= 0.6 is 0 Å². The van der Waals surface area contributed by atoms with Crippen LogP contribution in [0.2, 0.25) is 0 Å². The number of anilines is 1. The Hall–Kier alpha value is -4.33. The minimum Gasteiger partial charge on any atom is -0.497 e. The Labute approximate surface area is 214 Å². The number of fused-ring (bicyclic) bond motifs is 2. The normalized spacial score (nSPS) is 14.0. The van der Waals surface area contributed by atoms with Gasteiger partial charge in [-0.25, -0.2) is 5.43 Å². The molecule has 0 saturated heterocycles. The number of carbonyl (C=O) groups excluding carboxylic acids is 2. The summed E-state index contributed by atoms with van der Waals surface area (Å²) in [4.78, 5) is 25.8. The van der Waals surface area contributed by atoms with Gasteiger partial charge in [0.15, 0.2) is 5.76 Å². The van der Waals surface area contributed by atoms with Crippen LogP contribution in [0.1, 0.15) is 57.0 Å². The summed E-state index contributed by atoms with van der Waals surface area (Å²) in [6, 6.07) is 11.2. The fourth-order valence-electron chi connectivity index (χ4n) is 4.98. The highest BCUT2D eigenvalue weighted by Crippen LogP contribution is 2.31. The van der Waals surface area contributed by atoms with E-state index in [9.17, 15) is 9.59 Å². The van der Waals surface area contributed by atoms with Gasteiger partial charge in [-0.15, -0.1) is 0 Å². The lowest BCUT2D eigenvalue weighted by Gasteiger charge is -2.13. The van der Waals surface area contributed by atoms with Crippen molar-refractivity contribution >= 4 is 34.2 Å². The van der Waals surface area contributed by atoms with Crippen LogP contribution in [-0.4, -0.2) is 24.6 Å². The minimum absolute atomic E-state index is 0.152. The molecule has 190 valence electrons. The van der Waals surface area contributed by atoms with Crippen LogP contribution in [0.15, 0.2) is 56.6 Å². The van der Waals surface area contributed by atoms with Gasteiger partial charge in [0.05, 0.1) is 25.5 Å². The van der Waals surface area contributed by atoms with Crippen molar-refractivity contribution in [1.29, 1.82) is 0 Å². The molecule has 5 rings (SSSR count). The van der Waals surface area contributed by atoms with Crippen molar-refractivity contribution in [3.05, 3.63) is 82.0 Å². The van der Waals surface area contributed by atoms with Crippen molar-refractivity contribution in [2.45, 2.75) is 46.5 Å². The first-order chi connectivity index (χ1) is 17.8. The summed E-state index contributed by atoms with van der Waals surface area (Å²) in [7, 11) is 1.57. The molecule has 2 N–H and O–H groups in total. The van der Waals surface area contributed by atoms with Crippen LogP contribution in [0.5, 0.6) is 5.75 Å². The number of nitrogens with zero attached hydrogens (tertiary/aromatic N) is 1. The summed E-state index contributed by atoms with van der Waals surface area (Å²) in [5, 5.41) is 8.27. The summed E-state index contributed by atoms with van der Waals surface area (Å²) < 4.78 is 16.9. The number of benzene rings is 2. The maximum absolute atomic E-state index is 13.0. The van der Waals surface area contributed by atoms with Gasteiger partial charge in [-0.1, -0.05) is 12.1 Å². The predicted octanol–water partition coefficient (Wildman–Crippen LogP) is 5.61. The Morgan fingerprint density at radius 2 is 1.95 bits per heavy atom. The van der Waals surface area contributed by atoms with Gasteiger partial charge in [-0.05, 0) is 62.9 Å². The van der Waals surface area contributed by atoms with Gasteiger partial charge >= 0.3 is 0 Å². The number of hydrazone groups is 1. The molecule has 0 fully saturated rings. The van der Waals surface area contributed by atoms with E-state index in [0.717, 1.165) is 39.6 Å². The number of methoxy groups -OCH3 is 1. The second kappa shape index (κ2) is 9.97. The van der Waals surface area contributed by atoms with Gasteiger partial charge in [0.25, 0.3) is 5.91 Å². The second-order valence-corrected chi connectivity index (χ2v) is 9.38. The Kier molecular flexibility index (Phi) is 6.56. The number of rotatable bonds is 6. The second-order valence-electron chi connectivity index (χ2n) is 9.38. The average molecular weight is 500 g/mol. The number of carbonyl (C=O) groups is 2. The zero-order valence-corrected chi connectivity index (χ0v) is 21.4. The van der Waals surface area contributed by atoms with E-state index in [-0.39, 0.29) is 24.0 Å². The number of hydrogen-bond donors (Lipinski definition) is 2. The van der Waals surface area contributed by atoms with Gasteiger partial charge in [0.1, 0.15) is 17.1 Å². The summed E-state index contributed by atoms with van der Waals surface area (Å²) >= 11 is 0. The lowest BCUT2D eigenvalue weighted by molar-refractivity contribution is -0.120. The number of furan rings is 2. The Morgan fingerprint density at radius 3 is 2.76 bits per heavy atom. The average Bonchev–Trinajstić information content (AvgIpc) is 3.44. The molecule has 0 radical (unpaired) electrons. The Bertz CT molecular complexity index is 1540. The van der Waals surface area contributed by atoms with Crippen molar-refractivity contribution in [1.82, 2.24) is 5.43 Å². The minimum atomic E-state index is -0.346. The highest BCUT2D eigenvalue weighted by atomic mass is 16.5. The van der Waals surface area contributed by atoms with Crippen molar-refractivity contribution < 1.29 is 23.2 Å². The fourth-order valence-corrected chi connectivity index (χ4v) is 4.98. The van der Waals surface area contributed by atoms with Crippen molar-refractivity contribution in [3.8, 4) is 5.75 Å². The van der Waals surface area contributed by atoms with Crippen LogP contribution in [0.25, 0.3) is 11.0 Å². The standard InChI is InChI=1S/C29H29N3O5/c1-16-11-17(2)26-19(15-36-24(26)12-16)13-25(33)32-31-22-9-6-10-23-27(22)18(3)28(37-23)29(34)30-20-7-5-8-21(14-20)35-4/h5,7-8,11-12,14-15H,6,9-10,13H2,1-4H3,(H,30,34)(H,32,33)/b31-22+. The molecule has 1 aliphatic rings. The van der Waals surface area contributed by atoms with Gasteiger partial charge in [0.2, 0.25) is 5.91 Å². The van der Waals surface area contributed by atoms with Crippen molar-refractivity contribution in [2.24, 2.45) is 5.10 Å². The molecule has 2 aromatic carbocycles. The summed E-state index contributed by atoms with van der Waals surface area (Å²) in [6.07, 6.45) is 3.98. The van der Waals surface area contributed by atoms with E-state index in [1.54, 1.807) is 37.6 Å². The molecular formula is C29H29N3O5. The van der Waals surface area contributed by atoms with E-state index in [2.05, 4.69) is 21.9 Å². The number of aryl methyl sites for hydroxylation is 3. The summed E-state index contributed by atoms with van der Waals surface area (Å²) in [5.41, 5.74) is 9.30. The third kappa shape index (κ3) is 4.87. The van der Waals surface area contributed by atoms with Crippen LogP contribution in [-0.2, 0) is 17.6 Å². The summed E-state index contributed by atoms with van der Waals surface area (Å²) in [5.74, 6) is 1.01. The molecule has 2 heterocycles. The van der Waals surface area contributed by atoms with Crippen LogP contribution in [0, 0.1) is 20.8 Å². The predicted molar refractivity (Wildman–Crippen MR) is 141 cm³/mol. The first-order valence-corrected chi connectivity index (χ1v) is 12.2. The third-order valence-corrected chi connectivity index (χ3v) is 6.62. The number of hydrogen-bond acceptors (Lipinski definition) is 6. The molecule has 2 aromatic heterocycles. The lowest BCUT2D eigenvalue weighted by atomic mass is 9.93. The highest BCUT2D eigenvalue weighted by molar-refractivity contribution is 6.09. The first kappa shape index (κ1) is 24.4. The van der Waals surface area contributed by atoms with E-state index in [0.29, 0.717) is 41.3 Å². The van der Waals surface area contributed by atoms with E-state index in [4.69, 9.17) is 13.6 Å². The van der Waals surface area contributed by atoms with E-state index in [1.807, 2.05) is 26.8 Å². The van der Waals surface area contributed by atoms with Gasteiger partial charge in [-0.3, -0.25) is 9.59 Å². The van der Waals surface area contributed by atoms with Crippen molar-refractivity contribution in [2.75, 3.05) is 12.4 Å². The molecule has 8 heteroatoms. The smallest absolute Gasteiger partial charge is 0.291 e. The highest BCUT2D eigenvalue weighted by Gasteiger charge is 2.28. The molecule has 2 amide bonds. The molecular weight excluding hydrogens is 470 g/mol. The lowest BCUT2D eigenvalue weighted by Crippen LogP contribution is -2.23. The number of ether oxygens (including phenoxy) is 1. The van der Waals surface area contributed by atoms with Crippen LogP contribution < -0.4 is 15.5 Å². The molecule has 0 saturated carbocycles. The van der Waals surface area contributed by atoms with Gasteiger partial charge in [0, 0.05) is 40.3 Å². The molecule has 0 unspecified atom stereocenters. The zero-order chi connectivity index (χ0) is 26.1. The zero-order valence-electron chi connectivity index (χ0n) is 21.4. The molecule has 4 aromatic rings. The first-order valence-electron chi connectivity index (χ1n) is 12.2. The molecule has 0 spiro atoms. The maximum Gasteiger partial charge on any atom is 0.291 e. The Balaban J connectivity index is 1.33. The topological polar surface area (TPSA) is 106 Å². The SMILES string of the molecule is COc1cccc(NC(=O)c2oc3c(c2C)/C(=N/NC(=O)Cc2coc4cc(C)cc(C)c24)CCC3)c1. The Morgan fingerprint density at radius 1 is 1.11 bits per heavy atom. The fraction of sp³-hybridized carbons (Fsp3) is 0.276. The van der Waals surface area contributed by atoms with Gasteiger partial charge < -0.3 is 18.9 Å². The molecule has 1 aliphatic carbocycles. The van der Waals surface area contributed by atoms with Gasteiger partial charge in [-0.2, -0.15) is 5.10 Å². The van der Waals surface area contributed by atoms with E-state index in [1.165, 1.54) is 0 Å². The van der Waals surface area contributed by atoms with Crippen LogP contribution in [0.4, 0.5) is 5.69 Å². The van der Waals surface area contributed by atoms with Crippen molar-refractivity contribution in [3.63, 3.8) is 0 Å². The number of amides is 2.